The first-order valence-electron chi connectivity index (χ1n) is 8.72. The highest BCUT2D eigenvalue weighted by molar-refractivity contribution is 6.40. The molecule has 27 heavy (non-hydrogen) atoms. The van der Waals surface area contributed by atoms with Gasteiger partial charge in [0.1, 0.15) is 19.3 Å². The van der Waals surface area contributed by atoms with Crippen LogP contribution in [0.5, 0.6) is 5.75 Å². The number of hydrogen-bond acceptors (Lipinski definition) is 4. The van der Waals surface area contributed by atoms with Gasteiger partial charge in [-0.25, -0.2) is 0 Å². The monoisotopic (exact) mass is 432 g/mol. The van der Waals surface area contributed by atoms with Crippen LogP contribution in [-0.4, -0.2) is 47.0 Å². The number of benzene rings is 1. The molecule has 0 aliphatic rings. The van der Waals surface area contributed by atoms with Gasteiger partial charge in [-0.2, -0.15) is 0 Å². The summed E-state index contributed by atoms with van der Waals surface area (Å²) in [6.07, 6.45) is 5.42. The molecule has 2 aromatic rings. The van der Waals surface area contributed by atoms with Crippen molar-refractivity contribution in [2.45, 2.75) is 26.3 Å². The first-order chi connectivity index (χ1) is 13.1. The molecule has 0 unspecified atom stereocenters. The molecule has 0 fully saturated rings. The normalized spacial score (nSPS) is 11.5. The van der Waals surface area contributed by atoms with E-state index in [-0.39, 0.29) is 0 Å². The minimum atomic E-state index is 0.388. The van der Waals surface area contributed by atoms with Crippen molar-refractivity contribution in [2.75, 3.05) is 26.2 Å². The largest absolute Gasteiger partial charge is 0.489 e. The molecule has 10 heteroatoms. The number of nitrogens with one attached hydrogen (secondary N) is 2. The van der Waals surface area contributed by atoms with Crippen LogP contribution >= 0.6 is 34.8 Å². The molecule has 148 valence electrons. The molecular formula is C17H23Cl3N6O. The molecule has 1 aromatic carbocycles. The molecule has 2 N–H and O–H groups in total. The maximum absolute atomic E-state index is 6.10. The van der Waals surface area contributed by atoms with Crippen LogP contribution in [0.4, 0.5) is 0 Å². The lowest BCUT2D eigenvalue weighted by Crippen LogP contribution is -2.39. The zero-order valence-corrected chi connectivity index (χ0v) is 17.4. The molecule has 0 atom stereocenters. The Labute approximate surface area is 174 Å². The third-order valence-corrected chi connectivity index (χ3v) is 4.29. The lowest BCUT2D eigenvalue weighted by Gasteiger charge is -2.13. The molecule has 0 amide bonds. The van der Waals surface area contributed by atoms with Crippen molar-refractivity contribution in [2.24, 2.45) is 4.99 Å². The van der Waals surface area contributed by atoms with Gasteiger partial charge in [-0.15, -0.1) is 10.2 Å². The van der Waals surface area contributed by atoms with E-state index in [1.807, 2.05) is 11.5 Å². The molecule has 0 radical (unpaired) electrons. The van der Waals surface area contributed by atoms with E-state index >= 15 is 0 Å². The quantitative estimate of drug-likeness (QED) is 0.340. The number of unbranched alkanes of at least 4 members (excludes halogenated alkanes) is 1. The number of hydrogen-bond donors (Lipinski definition) is 2. The SMILES string of the molecule is CCNC(=NCCCCn1cnnc1)NCCOc1c(Cl)cc(Cl)cc1Cl. The molecule has 1 heterocycles. The number of rotatable bonds is 10. The Morgan fingerprint density at radius 1 is 1.11 bits per heavy atom. The van der Waals surface area contributed by atoms with E-state index in [4.69, 9.17) is 39.5 Å². The van der Waals surface area contributed by atoms with Gasteiger partial charge in [-0.05, 0) is 31.9 Å². The van der Waals surface area contributed by atoms with Gasteiger partial charge in [0.15, 0.2) is 11.7 Å². The fourth-order valence-corrected chi connectivity index (χ4v) is 3.19. The maximum atomic E-state index is 6.10. The van der Waals surface area contributed by atoms with Crippen LogP contribution < -0.4 is 15.4 Å². The van der Waals surface area contributed by atoms with E-state index in [9.17, 15) is 0 Å². The Morgan fingerprint density at radius 2 is 1.81 bits per heavy atom. The van der Waals surface area contributed by atoms with Crippen LogP contribution in [0, 0.1) is 0 Å². The minimum Gasteiger partial charge on any atom is -0.489 e. The zero-order valence-electron chi connectivity index (χ0n) is 15.1. The van der Waals surface area contributed by atoms with E-state index in [2.05, 4.69) is 25.8 Å². The molecule has 0 bridgehead atoms. The Kier molecular flexibility index (Phi) is 9.52. The number of aryl methyl sites for hydroxylation is 1. The number of ether oxygens (including phenoxy) is 1. The number of nitrogens with zero attached hydrogens (tertiary/aromatic N) is 4. The average Bonchev–Trinajstić information content (AvgIpc) is 3.13. The Balaban J connectivity index is 1.70. The van der Waals surface area contributed by atoms with Gasteiger partial charge in [-0.3, -0.25) is 4.99 Å². The summed E-state index contributed by atoms with van der Waals surface area (Å²) in [5.41, 5.74) is 0. The summed E-state index contributed by atoms with van der Waals surface area (Å²) >= 11 is 18.1. The van der Waals surface area contributed by atoms with Crippen LogP contribution in [0.2, 0.25) is 15.1 Å². The van der Waals surface area contributed by atoms with E-state index < -0.39 is 0 Å². The van der Waals surface area contributed by atoms with E-state index in [1.54, 1.807) is 24.8 Å². The van der Waals surface area contributed by atoms with Crippen molar-refractivity contribution < 1.29 is 4.74 Å². The first kappa shape index (κ1) is 21.6. The third kappa shape index (κ3) is 7.82. The van der Waals surface area contributed by atoms with Gasteiger partial charge in [0.05, 0.1) is 16.6 Å². The highest BCUT2D eigenvalue weighted by Gasteiger charge is 2.09. The van der Waals surface area contributed by atoms with Crippen LogP contribution in [0.15, 0.2) is 29.8 Å². The number of guanidine groups is 1. The summed E-state index contributed by atoms with van der Waals surface area (Å²) in [7, 11) is 0. The summed E-state index contributed by atoms with van der Waals surface area (Å²) in [6.45, 7) is 5.37. The van der Waals surface area contributed by atoms with E-state index in [0.29, 0.717) is 34.0 Å². The molecule has 0 aliphatic carbocycles. The average molecular weight is 434 g/mol. The molecule has 0 saturated heterocycles. The Morgan fingerprint density at radius 3 is 2.48 bits per heavy atom. The van der Waals surface area contributed by atoms with Gasteiger partial charge in [-0.1, -0.05) is 34.8 Å². The van der Waals surface area contributed by atoms with Crippen LogP contribution in [-0.2, 0) is 6.54 Å². The Hall–Kier alpha value is -1.70. The highest BCUT2D eigenvalue weighted by Crippen LogP contribution is 2.35. The topological polar surface area (TPSA) is 76.4 Å². The van der Waals surface area contributed by atoms with Crippen molar-refractivity contribution in [3.05, 3.63) is 39.9 Å². The fourth-order valence-electron chi connectivity index (χ4n) is 2.27. The van der Waals surface area contributed by atoms with Gasteiger partial charge in [0, 0.05) is 24.7 Å². The second kappa shape index (κ2) is 11.9. The van der Waals surface area contributed by atoms with Gasteiger partial charge in [0.25, 0.3) is 0 Å². The summed E-state index contributed by atoms with van der Waals surface area (Å²) in [4.78, 5) is 4.55. The lowest BCUT2D eigenvalue weighted by molar-refractivity contribution is 0.322. The van der Waals surface area contributed by atoms with Crippen molar-refractivity contribution in [3.8, 4) is 5.75 Å². The van der Waals surface area contributed by atoms with Gasteiger partial charge in [0.2, 0.25) is 0 Å². The number of halogens is 3. The van der Waals surface area contributed by atoms with Crippen molar-refractivity contribution in [3.63, 3.8) is 0 Å². The lowest BCUT2D eigenvalue weighted by atomic mass is 10.3. The highest BCUT2D eigenvalue weighted by atomic mass is 35.5. The van der Waals surface area contributed by atoms with Gasteiger partial charge < -0.3 is 19.9 Å². The smallest absolute Gasteiger partial charge is 0.191 e. The summed E-state index contributed by atoms with van der Waals surface area (Å²) < 4.78 is 7.61. The summed E-state index contributed by atoms with van der Waals surface area (Å²) in [6, 6.07) is 3.20. The van der Waals surface area contributed by atoms with E-state index in [0.717, 1.165) is 38.4 Å². The molecular weight excluding hydrogens is 411 g/mol. The second-order valence-electron chi connectivity index (χ2n) is 5.64. The standard InChI is InChI=1S/C17H23Cl3N6O/c1-2-21-17(22-5-3-4-7-26-11-24-25-12-26)23-6-8-27-16-14(19)9-13(18)10-15(16)20/h9-12H,2-8H2,1H3,(H2,21,22,23). The van der Waals surface area contributed by atoms with Gasteiger partial charge >= 0.3 is 0 Å². The second-order valence-corrected chi connectivity index (χ2v) is 6.89. The maximum Gasteiger partial charge on any atom is 0.191 e. The minimum absolute atomic E-state index is 0.388. The molecule has 7 nitrogen and oxygen atoms in total. The number of aliphatic imine (C=N–C) groups is 1. The molecule has 0 aliphatic heterocycles. The zero-order chi connectivity index (χ0) is 19.5. The summed E-state index contributed by atoms with van der Waals surface area (Å²) in [5.74, 6) is 1.18. The first-order valence-corrected chi connectivity index (χ1v) is 9.85. The summed E-state index contributed by atoms with van der Waals surface area (Å²) in [5, 5.41) is 15.2. The van der Waals surface area contributed by atoms with Crippen molar-refractivity contribution in [1.82, 2.24) is 25.4 Å². The number of aromatic nitrogens is 3. The predicted octanol–water partition coefficient (Wildman–Crippen LogP) is 3.65. The third-order valence-electron chi connectivity index (χ3n) is 3.51. The molecule has 2 rings (SSSR count). The van der Waals surface area contributed by atoms with Crippen LogP contribution in [0.1, 0.15) is 19.8 Å². The fraction of sp³-hybridized carbons (Fsp3) is 0.471. The van der Waals surface area contributed by atoms with Crippen LogP contribution in [0.25, 0.3) is 0 Å². The molecule has 0 saturated carbocycles. The van der Waals surface area contributed by atoms with Crippen molar-refractivity contribution in [1.29, 1.82) is 0 Å². The molecule has 0 spiro atoms. The van der Waals surface area contributed by atoms with Crippen LogP contribution in [0.3, 0.4) is 0 Å². The van der Waals surface area contributed by atoms with Crippen molar-refractivity contribution >= 4 is 40.8 Å². The Bertz CT molecular complexity index is 700. The van der Waals surface area contributed by atoms with E-state index in [1.165, 1.54) is 0 Å². The predicted molar refractivity (Wildman–Crippen MR) is 110 cm³/mol. The molecule has 1 aromatic heterocycles.